The first kappa shape index (κ1) is 12.9. The molecule has 0 spiro atoms. The van der Waals surface area contributed by atoms with Crippen molar-refractivity contribution < 1.29 is 0 Å². The summed E-state index contributed by atoms with van der Waals surface area (Å²) in [4.78, 5) is 0. The monoisotopic (exact) mass is 263 g/mol. The minimum atomic E-state index is 0. The molecule has 3 atom stereocenters. The number of hydrogen-bond acceptors (Lipinski definition) is 0. The zero-order valence-electron chi connectivity index (χ0n) is 11.0. The largest absolute Gasteiger partial charge is 0.0712 e. The van der Waals surface area contributed by atoms with E-state index in [-0.39, 0.29) is 16.3 Å². The van der Waals surface area contributed by atoms with Gasteiger partial charge < -0.3 is 0 Å². The van der Waals surface area contributed by atoms with Gasteiger partial charge in [0.05, 0.1) is 0 Å². The van der Waals surface area contributed by atoms with Gasteiger partial charge in [-0.2, -0.15) is 0 Å². The van der Waals surface area contributed by atoms with E-state index in [1.54, 1.807) is 16.4 Å². The van der Waals surface area contributed by atoms with Crippen LogP contribution in [-0.4, -0.2) is 20.2 Å². The van der Waals surface area contributed by atoms with Crippen LogP contribution < -0.4 is 5.30 Å². The second-order valence-electron chi connectivity index (χ2n) is 5.39. The summed E-state index contributed by atoms with van der Waals surface area (Å²) in [6, 6.07) is 20.3. The Balaban J connectivity index is 0.00000110. The molecule has 1 aliphatic heterocycles. The number of benzene rings is 2. The second-order valence-corrected chi connectivity index (χ2v) is 7.96. The van der Waals surface area contributed by atoms with Gasteiger partial charge in [-0.1, -0.05) is 62.5 Å². The highest BCUT2D eigenvalue weighted by Crippen LogP contribution is 2.60. The van der Waals surface area contributed by atoms with Crippen molar-refractivity contribution in [3.8, 4) is 0 Å². The van der Waals surface area contributed by atoms with Gasteiger partial charge in [-0.3, -0.25) is 0 Å². The lowest BCUT2D eigenvalue weighted by Crippen LogP contribution is -2.12. The first-order valence-corrected chi connectivity index (χ1v) is 8.42. The molecular weight excluding hydrogens is 246 g/mol. The second kappa shape index (κ2) is 5.14. The topological polar surface area (TPSA) is 0 Å². The van der Waals surface area contributed by atoms with Crippen molar-refractivity contribution >= 4 is 21.6 Å². The zero-order valence-corrected chi connectivity index (χ0v) is 11.9. The Morgan fingerprint density at radius 2 is 1.63 bits per heavy atom. The maximum atomic E-state index is 2.36. The summed E-state index contributed by atoms with van der Waals surface area (Å²) in [6.07, 6.45) is 4.16. The Hall–Kier alpha value is -1.07. The summed E-state index contributed by atoms with van der Waals surface area (Å²) < 4.78 is 0. The fourth-order valence-electron chi connectivity index (χ4n) is 3.72. The van der Waals surface area contributed by atoms with Gasteiger partial charge in [-0.15, -0.1) is 0 Å². The molecule has 0 aromatic heterocycles. The number of rotatable bonds is 1. The molecule has 19 heavy (non-hydrogen) atoms. The zero-order chi connectivity index (χ0) is 11.9. The van der Waals surface area contributed by atoms with Crippen molar-refractivity contribution in [3.05, 3.63) is 65.7 Å². The Labute approximate surface area is 118 Å². The van der Waals surface area contributed by atoms with Crippen LogP contribution in [0.3, 0.4) is 0 Å². The quantitative estimate of drug-likeness (QED) is 0.545. The molecule has 1 fully saturated rings. The minimum Gasteiger partial charge on any atom is -0.0712 e. The Morgan fingerprint density at radius 3 is 2.47 bits per heavy atom. The van der Waals surface area contributed by atoms with Crippen molar-refractivity contribution in [3.63, 3.8) is 0 Å². The van der Waals surface area contributed by atoms with E-state index in [4.69, 9.17) is 0 Å². The Bertz CT molecular complexity index is 566. The highest BCUT2D eigenvalue weighted by Gasteiger charge is 2.42. The van der Waals surface area contributed by atoms with Gasteiger partial charge in [0.1, 0.15) is 0 Å². The molecule has 0 saturated carbocycles. The maximum absolute atomic E-state index is 2.36. The SMILES string of the molecule is [B].c1ccc([P@]2CC[C@@H]3c4ccccc4C[C@@H]32)cc1. The van der Waals surface area contributed by atoms with Crippen molar-refractivity contribution in [2.75, 3.05) is 6.16 Å². The molecule has 0 nitrogen and oxygen atoms in total. The lowest BCUT2D eigenvalue weighted by atomic mass is 9.99. The van der Waals surface area contributed by atoms with Crippen LogP contribution >= 0.6 is 7.92 Å². The number of hydrogen-bond donors (Lipinski definition) is 0. The fourth-order valence-corrected chi connectivity index (χ4v) is 6.96. The van der Waals surface area contributed by atoms with Crippen LogP contribution in [0.5, 0.6) is 0 Å². The third-order valence-electron chi connectivity index (χ3n) is 4.52. The Morgan fingerprint density at radius 1 is 0.895 bits per heavy atom. The first-order valence-electron chi connectivity index (χ1n) is 6.83. The van der Waals surface area contributed by atoms with E-state index in [1.165, 1.54) is 19.0 Å². The molecule has 0 bridgehead atoms. The fraction of sp³-hybridized carbons (Fsp3) is 0.294. The molecule has 1 aliphatic carbocycles. The highest BCUT2D eigenvalue weighted by molar-refractivity contribution is 7.66. The normalized spacial score (nSPS) is 27.5. The minimum absolute atomic E-state index is 0. The van der Waals surface area contributed by atoms with Crippen LogP contribution in [0.1, 0.15) is 23.5 Å². The molecule has 2 aromatic rings. The molecule has 3 radical (unpaired) electrons. The predicted octanol–water partition coefficient (Wildman–Crippen LogP) is 3.53. The van der Waals surface area contributed by atoms with E-state index in [2.05, 4.69) is 54.6 Å². The summed E-state index contributed by atoms with van der Waals surface area (Å²) >= 11 is 0. The predicted molar refractivity (Wildman–Crippen MR) is 84.9 cm³/mol. The van der Waals surface area contributed by atoms with Crippen LogP contribution in [0.4, 0.5) is 0 Å². The smallest absolute Gasteiger partial charge is 0 e. The highest BCUT2D eigenvalue weighted by atomic mass is 31.1. The van der Waals surface area contributed by atoms with E-state index in [9.17, 15) is 0 Å². The molecular formula is C17H17BP. The summed E-state index contributed by atoms with van der Waals surface area (Å²) in [5.41, 5.74) is 4.19. The molecule has 0 unspecified atom stereocenters. The van der Waals surface area contributed by atoms with Crippen molar-refractivity contribution in [2.24, 2.45) is 0 Å². The third-order valence-corrected chi connectivity index (χ3v) is 7.56. The standard InChI is InChI=1S/C17H17P.B/c1-2-7-14(8-3-1)18-11-10-16-15-9-5-4-6-13(15)12-17(16)18;/h1-9,16-17H,10-12H2;/t16-,17+,18+;/m1./s1. The molecule has 2 aromatic carbocycles. The molecule has 93 valence electrons. The van der Waals surface area contributed by atoms with E-state index >= 15 is 0 Å². The van der Waals surface area contributed by atoms with Crippen LogP contribution in [0.15, 0.2) is 54.6 Å². The molecule has 4 rings (SSSR count). The molecule has 2 heteroatoms. The molecule has 1 saturated heterocycles. The van der Waals surface area contributed by atoms with E-state index in [1.807, 2.05) is 0 Å². The lowest BCUT2D eigenvalue weighted by Gasteiger charge is -2.19. The van der Waals surface area contributed by atoms with Crippen LogP contribution in [0, 0.1) is 0 Å². The van der Waals surface area contributed by atoms with E-state index in [0.717, 1.165) is 11.6 Å². The van der Waals surface area contributed by atoms with Gasteiger partial charge in [0.2, 0.25) is 0 Å². The summed E-state index contributed by atoms with van der Waals surface area (Å²) in [6.45, 7) is 0. The summed E-state index contributed by atoms with van der Waals surface area (Å²) in [5.74, 6) is 0.854. The van der Waals surface area contributed by atoms with E-state index in [0.29, 0.717) is 0 Å². The van der Waals surface area contributed by atoms with Gasteiger partial charge >= 0.3 is 0 Å². The van der Waals surface area contributed by atoms with Crippen molar-refractivity contribution in [2.45, 2.75) is 24.4 Å². The number of fused-ring (bicyclic) bond motifs is 3. The van der Waals surface area contributed by atoms with Gasteiger partial charge in [0, 0.05) is 8.41 Å². The average Bonchev–Trinajstić information content (AvgIpc) is 2.98. The lowest BCUT2D eigenvalue weighted by molar-refractivity contribution is 0.709. The summed E-state index contributed by atoms with van der Waals surface area (Å²) in [7, 11) is 0.0730. The maximum Gasteiger partial charge on any atom is 0 e. The van der Waals surface area contributed by atoms with Crippen LogP contribution in [-0.2, 0) is 6.42 Å². The molecule has 2 aliphatic rings. The summed E-state index contributed by atoms with van der Waals surface area (Å²) in [5, 5.41) is 1.62. The molecule has 1 heterocycles. The van der Waals surface area contributed by atoms with Gasteiger partial charge in [0.15, 0.2) is 0 Å². The Kier molecular flexibility index (Phi) is 3.50. The van der Waals surface area contributed by atoms with Gasteiger partial charge in [-0.05, 0) is 47.0 Å². The van der Waals surface area contributed by atoms with Gasteiger partial charge in [0.25, 0.3) is 0 Å². The van der Waals surface area contributed by atoms with E-state index < -0.39 is 0 Å². The molecule has 0 amide bonds. The third kappa shape index (κ3) is 2.05. The molecule has 0 N–H and O–H groups in total. The van der Waals surface area contributed by atoms with Crippen molar-refractivity contribution in [1.82, 2.24) is 0 Å². The average molecular weight is 263 g/mol. The van der Waals surface area contributed by atoms with Crippen molar-refractivity contribution in [1.29, 1.82) is 0 Å². The van der Waals surface area contributed by atoms with Gasteiger partial charge in [-0.25, -0.2) is 0 Å². The van der Waals surface area contributed by atoms with Crippen LogP contribution in [0.2, 0.25) is 0 Å². The first-order chi connectivity index (χ1) is 8.93. The van der Waals surface area contributed by atoms with Crippen LogP contribution in [0.25, 0.3) is 0 Å².